The number of hydrogen-bond donors (Lipinski definition) is 0. The van der Waals surface area contributed by atoms with Crippen molar-refractivity contribution in [2.75, 3.05) is 4.90 Å². The molecule has 0 fully saturated rings. The van der Waals surface area contributed by atoms with E-state index in [0.29, 0.717) is 0 Å². The molecule has 0 saturated heterocycles. The van der Waals surface area contributed by atoms with Gasteiger partial charge in [-0.3, -0.25) is 0 Å². The monoisotopic (exact) mass is 702 g/mol. The van der Waals surface area contributed by atoms with Crippen LogP contribution in [0.15, 0.2) is 200 Å². The Labute approximate surface area is 321 Å². The van der Waals surface area contributed by atoms with Crippen molar-refractivity contribution in [3.63, 3.8) is 0 Å². The molecule has 2 aliphatic rings. The molecule has 0 N–H and O–H groups in total. The van der Waals surface area contributed by atoms with E-state index in [1.807, 2.05) is 0 Å². The van der Waals surface area contributed by atoms with E-state index in [-0.39, 0.29) is 0 Å². The van der Waals surface area contributed by atoms with Crippen LogP contribution in [-0.4, -0.2) is 4.57 Å². The summed E-state index contributed by atoms with van der Waals surface area (Å²) in [5.74, 6) is 0. The van der Waals surface area contributed by atoms with Gasteiger partial charge in [-0.15, -0.1) is 0 Å². The molecule has 0 spiro atoms. The lowest BCUT2D eigenvalue weighted by molar-refractivity contribution is 0.768. The lowest BCUT2D eigenvalue weighted by atomic mass is 9.67. The maximum atomic E-state index is 2.47. The molecular weight excluding hydrogens is 665 g/mol. The summed E-state index contributed by atoms with van der Waals surface area (Å²) in [6.45, 7) is 0. The van der Waals surface area contributed by atoms with Crippen LogP contribution in [0.5, 0.6) is 0 Å². The lowest BCUT2D eigenvalue weighted by Gasteiger charge is -2.35. The molecule has 0 unspecified atom stereocenters. The quantitative estimate of drug-likeness (QED) is 0.167. The predicted molar refractivity (Wildman–Crippen MR) is 230 cm³/mol. The molecule has 8 aromatic carbocycles. The topological polar surface area (TPSA) is 8.17 Å². The van der Waals surface area contributed by atoms with E-state index in [9.17, 15) is 0 Å². The number of fused-ring (bicyclic) bond motifs is 7. The summed E-state index contributed by atoms with van der Waals surface area (Å²) in [6.07, 6.45) is 6.77. The summed E-state index contributed by atoms with van der Waals surface area (Å²) < 4.78 is 2.39. The highest BCUT2D eigenvalue weighted by Gasteiger charge is 2.46. The molecule has 0 aliphatic heterocycles. The van der Waals surface area contributed by atoms with Crippen LogP contribution >= 0.6 is 0 Å². The zero-order chi connectivity index (χ0) is 36.3. The van der Waals surface area contributed by atoms with Crippen molar-refractivity contribution in [2.24, 2.45) is 0 Å². The second-order valence-corrected chi connectivity index (χ2v) is 14.8. The van der Waals surface area contributed by atoms with Crippen LogP contribution in [0.2, 0.25) is 0 Å². The summed E-state index contributed by atoms with van der Waals surface area (Å²) in [6, 6.07) is 71.9. The van der Waals surface area contributed by atoms with Crippen LogP contribution < -0.4 is 4.90 Å². The number of para-hydroxylation sites is 2. The number of nitrogens with zero attached hydrogens (tertiary/aromatic N) is 2. The van der Waals surface area contributed by atoms with Crippen LogP contribution in [0, 0.1) is 0 Å². The molecular formula is C53H38N2. The van der Waals surface area contributed by atoms with Gasteiger partial charge in [0, 0.05) is 33.5 Å². The summed E-state index contributed by atoms with van der Waals surface area (Å²) >= 11 is 0. The van der Waals surface area contributed by atoms with E-state index >= 15 is 0 Å². The third kappa shape index (κ3) is 4.81. The van der Waals surface area contributed by atoms with Crippen LogP contribution in [-0.2, 0) is 11.8 Å². The van der Waals surface area contributed by atoms with Gasteiger partial charge in [0.2, 0.25) is 0 Å². The molecule has 2 aliphatic carbocycles. The standard InChI is InChI=1S/C53H38N2/c1-4-18-39(19-5-1)53(40-20-6-2-7-21-40)49-26-14-12-24-45(49)46-32-30-44(36-50(46)53)54(42-29-28-37-16-10-11-17-38(37)34-42)43-31-33-52-48(35-43)47-25-13-15-27-51(47)55(52)41-22-8-3-9-23-41/h1-9,11-15,17-36H,10,16H2. The lowest BCUT2D eigenvalue weighted by Crippen LogP contribution is -2.28. The molecule has 0 saturated carbocycles. The number of benzene rings is 8. The second kappa shape index (κ2) is 12.6. The van der Waals surface area contributed by atoms with E-state index in [1.165, 1.54) is 66.3 Å². The first-order valence-corrected chi connectivity index (χ1v) is 19.3. The Kier molecular flexibility index (Phi) is 7.25. The van der Waals surface area contributed by atoms with Crippen LogP contribution in [0.4, 0.5) is 17.1 Å². The van der Waals surface area contributed by atoms with Gasteiger partial charge in [-0.25, -0.2) is 0 Å². The molecule has 0 atom stereocenters. The molecule has 2 nitrogen and oxygen atoms in total. The predicted octanol–water partition coefficient (Wildman–Crippen LogP) is 13.6. The van der Waals surface area contributed by atoms with Crippen LogP contribution in [0.1, 0.15) is 39.8 Å². The maximum Gasteiger partial charge on any atom is 0.0714 e. The molecule has 55 heavy (non-hydrogen) atoms. The van der Waals surface area contributed by atoms with Gasteiger partial charge in [-0.1, -0.05) is 146 Å². The van der Waals surface area contributed by atoms with Crippen molar-refractivity contribution < 1.29 is 0 Å². The van der Waals surface area contributed by atoms with Crippen molar-refractivity contribution in [3.05, 3.63) is 234 Å². The smallest absolute Gasteiger partial charge is 0.0714 e. The Hall–Kier alpha value is -6.90. The second-order valence-electron chi connectivity index (χ2n) is 14.8. The largest absolute Gasteiger partial charge is 0.310 e. The van der Waals surface area contributed by atoms with Crippen LogP contribution in [0.3, 0.4) is 0 Å². The van der Waals surface area contributed by atoms with Gasteiger partial charge in [0.05, 0.1) is 16.4 Å². The van der Waals surface area contributed by atoms with Crippen molar-refractivity contribution >= 4 is 44.9 Å². The molecule has 11 rings (SSSR count). The fourth-order valence-electron chi connectivity index (χ4n) is 9.53. The number of rotatable bonds is 6. The Balaban J connectivity index is 1.18. The zero-order valence-electron chi connectivity index (χ0n) is 30.4. The average molecular weight is 703 g/mol. The fourth-order valence-corrected chi connectivity index (χ4v) is 9.53. The molecule has 1 aromatic heterocycles. The summed E-state index contributed by atoms with van der Waals surface area (Å²) in [7, 11) is 0. The molecule has 9 aromatic rings. The number of aryl methyl sites for hydroxylation is 1. The van der Waals surface area contributed by atoms with Crippen LogP contribution in [0.25, 0.3) is 44.7 Å². The summed E-state index contributed by atoms with van der Waals surface area (Å²) in [5.41, 5.74) is 16.9. The highest BCUT2D eigenvalue weighted by molar-refractivity contribution is 6.10. The highest BCUT2D eigenvalue weighted by Crippen LogP contribution is 2.57. The Morgan fingerprint density at radius 3 is 1.85 bits per heavy atom. The summed E-state index contributed by atoms with van der Waals surface area (Å²) in [4.78, 5) is 2.47. The third-order valence-electron chi connectivity index (χ3n) is 11.9. The zero-order valence-corrected chi connectivity index (χ0v) is 30.4. The van der Waals surface area contributed by atoms with Gasteiger partial charge >= 0.3 is 0 Å². The van der Waals surface area contributed by atoms with Crippen molar-refractivity contribution in [3.8, 4) is 16.8 Å². The van der Waals surface area contributed by atoms with Gasteiger partial charge in [0.15, 0.2) is 0 Å². The summed E-state index contributed by atoms with van der Waals surface area (Å²) in [5, 5.41) is 2.48. The minimum atomic E-state index is -0.484. The Morgan fingerprint density at radius 1 is 0.455 bits per heavy atom. The average Bonchev–Trinajstić information content (AvgIpc) is 3.75. The third-order valence-corrected chi connectivity index (χ3v) is 11.9. The van der Waals surface area contributed by atoms with Gasteiger partial charge in [-0.05, 0) is 118 Å². The van der Waals surface area contributed by atoms with E-state index in [0.717, 1.165) is 35.6 Å². The number of aromatic nitrogens is 1. The van der Waals surface area contributed by atoms with Crippen molar-refractivity contribution in [1.29, 1.82) is 0 Å². The SMILES string of the molecule is C1=Cc2cc(N(c3ccc4c(c3)C(c3ccccc3)(c3ccccc3)c3ccccc3-4)c3ccc4c(c3)c3ccccc3n4-c3ccccc3)ccc2CC1. The van der Waals surface area contributed by atoms with Crippen molar-refractivity contribution in [1.82, 2.24) is 4.57 Å². The molecule has 1 heterocycles. The van der Waals surface area contributed by atoms with E-state index in [4.69, 9.17) is 0 Å². The van der Waals surface area contributed by atoms with E-state index in [1.54, 1.807) is 0 Å². The molecule has 0 amide bonds. The first-order chi connectivity index (χ1) is 27.3. The normalized spacial score (nSPS) is 13.7. The van der Waals surface area contributed by atoms with Gasteiger partial charge < -0.3 is 9.47 Å². The molecule has 260 valence electrons. The van der Waals surface area contributed by atoms with Crippen molar-refractivity contribution in [2.45, 2.75) is 18.3 Å². The molecule has 0 radical (unpaired) electrons. The van der Waals surface area contributed by atoms with Gasteiger partial charge in [0.25, 0.3) is 0 Å². The number of allylic oxidation sites excluding steroid dienone is 1. The maximum absolute atomic E-state index is 2.47. The number of hydrogen-bond acceptors (Lipinski definition) is 1. The Bertz CT molecular complexity index is 2880. The highest BCUT2D eigenvalue weighted by atomic mass is 15.1. The minimum absolute atomic E-state index is 0.484. The first kappa shape index (κ1) is 31.6. The van der Waals surface area contributed by atoms with Gasteiger partial charge in [0.1, 0.15) is 0 Å². The fraction of sp³-hybridized carbons (Fsp3) is 0.0566. The Morgan fingerprint density at radius 2 is 1.05 bits per heavy atom. The van der Waals surface area contributed by atoms with E-state index in [2.05, 4.69) is 216 Å². The number of anilines is 3. The first-order valence-electron chi connectivity index (χ1n) is 19.3. The molecule has 0 bridgehead atoms. The van der Waals surface area contributed by atoms with E-state index < -0.39 is 5.41 Å². The van der Waals surface area contributed by atoms with Gasteiger partial charge in [-0.2, -0.15) is 0 Å². The molecule has 2 heteroatoms. The minimum Gasteiger partial charge on any atom is -0.310 e.